The number of nitrogen functional groups attached to an aromatic ring is 1. The number of halogens is 1. The first kappa shape index (κ1) is 14.2. The Labute approximate surface area is 119 Å². The van der Waals surface area contributed by atoms with Crippen molar-refractivity contribution in [2.75, 3.05) is 12.3 Å². The smallest absolute Gasteiger partial charge is 0.167 e. The minimum Gasteiger partial charge on any atom is -0.398 e. The average Bonchev–Trinajstić information content (AvgIpc) is 2.87. The molecule has 4 atom stereocenters. The van der Waals surface area contributed by atoms with Crippen LogP contribution in [0.1, 0.15) is 13.2 Å². The van der Waals surface area contributed by atoms with Crippen molar-refractivity contribution in [3.05, 3.63) is 24.3 Å². The molecule has 0 saturated carbocycles. The molecule has 5 N–H and O–H groups in total. The molecule has 3 rings (SSSR count). The Hall–Kier alpha value is -1.74. The Kier molecular flexibility index (Phi) is 3.14. The summed E-state index contributed by atoms with van der Waals surface area (Å²) >= 11 is 0. The number of anilines is 1. The standard InChI is InChI=1S/C13H16FN3O4/c1-13(20)10(19)8(5-18)21-12(13)17-4-6(14)9-7(15)2-3-16-11(9)17/h2-4,8,10,12,18-20H,5H2,1H3,(H2,15,16)/t8-,10+,12-,13?/m1/s1. The maximum Gasteiger partial charge on any atom is 0.167 e. The topological polar surface area (TPSA) is 114 Å². The molecular weight excluding hydrogens is 281 g/mol. The van der Waals surface area contributed by atoms with Gasteiger partial charge in [-0.05, 0) is 13.0 Å². The van der Waals surface area contributed by atoms with Gasteiger partial charge in [0.1, 0.15) is 23.5 Å². The summed E-state index contributed by atoms with van der Waals surface area (Å²) in [5.41, 5.74) is 4.43. The molecule has 0 bridgehead atoms. The summed E-state index contributed by atoms with van der Waals surface area (Å²) in [6, 6.07) is 1.47. The summed E-state index contributed by atoms with van der Waals surface area (Å²) in [4.78, 5) is 4.06. The van der Waals surface area contributed by atoms with Crippen molar-refractivity contribution in [3.8, 4) is 0 Å². The lowest BCUT2D eigenvalue weighted by Gasteiger charge is -2.27. The molecule has 1 unspecified atom stereocenters. The molecule has 0 radical (unpaired) electrons. The van der Waals surface area contributed by atoms with Crippen LogP contribution in [0.4, 0.5) is 10.1 Å². The summed E-state index contributed by atoms with van der Waals surface area (Å²) in [7, 11) is 0. The van der Waals surface area contributed by atoms with E-state index in [0.29, 0.717) is 0 Å². The van der Waals surface area contributed by atoms with E-state index in [9.17, 15) is 19.7 Å². The largest absolute Gasteiger partial charge is 0.398 e. The first-order chi connectivity index (χ1) is 9.87. The number of aromatic nitrogens is 2. The molecular formula is C13H16FN3O4. The number of fused-ring (bicyclic) bond motifs is 1. The van der Waals surface area contributed by atoms with Gasteiger partial charge in [-0.15, -0.1) is 0 Å². The highest BCUT2D eigenvalue weighted by atomic mass is 19.1. The minimum atomic E-state index is -1.71. The van der Waals surface area contributed by atoms with E-state index >= 15 is 0 Å². The van der Waals surface area contributed by atoms with Crippen LogP contribution in [0.2, 0.25) is 0 Å². The van der Waals surface area contributed by atoms with Crippen LogP contribution in [-0.2, 0) is 4.74 Å². The number of rotatable bonds is 2. The predicted molar refractivity (Wildman–Crippen MR) is 71.7 cm³/mol. The Morgan fingerprint density at radius 2 is 2.29 bits per heavy atom. The number of nitrogens with zero attached hydrogens (tertiary/aromatic N) is 2. The van der Waals surface area contributed by atoms with Crippen molar-refractivity contribution in [2.24, 2.45) is 0 Å². The van der Waals surface area contributed by atoms with Gasteiger partial charge in [0.05, 0.1) is 12.0 Å². The Morgan fingerprint density at radius 3 is 2.90 bits per heavy atom. The van der Waals surface area contributed by atoms with Crippen molar-refractivity contribution in [3.63, 3.8) is 0 Å². The molecule has 7 nitrogen and oxygen atoms in total. The molecule has 0 aliphatic carbocycles. The van der Waals surface area contributed by atoms with E-state index in [0.717, 1.165) is 6.20 Å². The highest BCUT2D eigenvalue weighted by Gasteiger charge is 2.53. The fourth-order valence-corrected chi connectivity index (χ4v) is 2.72. The Balaban J connectivity index is 2.15. The van der Waals surface area contributed by atoms with Gasteiger partial charge in [0.25, 0.3) is 0 Å². The van der Waals surface area contributed by atoms with E-state index < -0.39 is 36.5 Å². The number of nitrogens with two attached hydrogens (primary N) is 1. The second-order valence-electron chi connectivity index (χ2n) is 5.36. The zero-order valence-corrected chi connectivity index (χ0v) is 11.3. The minimum absolute atomic E-state index is 0.124. The lowest BCUT2D eigenvalue weighted by atomic mass is 9.96. The van der Waals surface area contributed by atoms with Gasteiger partial charge in [-0.3, -0.25) is 0 Å². The number of pyridine rings is 1. The molecule has 1 fully saturated rings. The van der Waals surface area contributed by atoms with Crippen molar-refractivity contribution in [2.45, 2.75) is 31.0 Å². The van der Waals surface area contributed by atoms with E-state index in [1.807, 2.05) is 0 Å². The number of hydrogen-bond donors (Lipinski definition) is 4. The fraction of sp³-hybridized carbons (Fsp3) is 0.462. The lowest BCUT2D eigenvalue weighted by molar-refractivity contribution is -0.0949. The van der Waals surface area contributed by atoms with Crippen LogP contribution in [0.25, 0.3) is 11.0 Å². The summed E-state index contributed by atoms with van der Waals surface area (Å²) < 4.78 is 20.8. The molecule has 114 valence electrons. The number of aliphatic hydroxyl groups is 3. The summed E-state index contributed by atoms with van der Waals surface area (Å²) in [6.07, 6.45) is -0.844. The zero-order valence-electron chi connectivity index (χ0n) is 11.3. The van der Waals surface area contributed by atoms with Gasteiger partial charge in [-0.25, -0.2) is 9.37 Å². The number of aliphatic hydroxyl groups excluding tert-OH is 2. The second kappa shape index (κ2) is 4.63. The second-order valence-corrected chi connectivity index (χ2v) is 5.36. The molecule has 0 amide bonds. The van der Waals surface area contributed by atoms with E-state index in [4.69, 9.17) is 10.5 Å². The molecule has 1 saturated heterocycles. The van der Waals surface area contributed by atoms with Gasteiger partial charge in [0.2, 0.25) is 0 Å². The first-order valence-corrected chi connectivity index (χ1v) is 6.45. The molecule has 3 heterocycles. The van der Waals surface area contributed by atoms with Crippen molar-refractivity contribution < 1.29 is 24.4 Å². The third kappa shape index (κ3) is 1.91. The monoisotopic (exact) mass is 297 g/mol. The summed E-state index contributed by atoms with van der Waals surface area (Å²) in [6.45, 7) is 0.888. The van der Waals surface area contributed by atoms with Gasteiger partial charge in [0, 0.05) is 18.1 Å². The van der Waals surface area contributed by atoms with Crippen LogP contribution < -0.4 is 5.73 Å². The van der Waals surface area contributed by atoms with Gasteiger partial charge >= 0.3 is 0 Å². The number of ether oxygens (including phenoxy) is 1. The molecule has 0 spiro atoms. The molecule has 2 aromatic heterocycles. The highest BCUT2D eigenvalue weighted by molar-refractivity contribution is 5.89. The lowest BCUT2D eigenvalue weighted by Crippen LogP contribution is -2.44. The fourth-order valence-electron chi connectivity index (χ4n) is 2.72. The maximum absolute atomic E-state index is 14.1. The predicted octanol–water partition coefficient (Wildman–Crippen LogP) is -0.241. The van der Waals surface area contributed by atoms with E-state index in [2.05, 4.69) is 4.98 Å². The summed E-state index contributed by atoms with van der Waals surface area (Å²) in [5, 5.41) is 29.7. The summed E-state index contributed by atoms with van der Waals surface area (Å²) in [5.74, 6) is -0.600. The molecule has 21 heavy (non-hydrogen) atoms. The SMILES string of the molecule is CC1(O)[C@@H](O)[C@@H](CO)O[C@H]1n1cc(F)c2c(N)ccnc21. The van der Waals surface area contributed by atoms with E-state index in [1.165, 1.54) is 23.8 Å². The van der Waals surface area contributed by atoms with Crippen LogP contribution in [-0.4, -0.2) is 49.3 Å². The van der Waals surface area contributed by atoms with Gasteiger partial charge in [0.15, 0.2) is 12.0 Å². The third-order valence-corrected chi connectivity index (χ3v) is 3.89. The van der Waals surface area contributed by atoms with Crippen LogP contribution in [0.15, 0.2) is 18.5 Å². The average molecular weight is 297 g/mol. The highest BCUT2D eigenvalue weighted by Crippen LogP contribution is 2.40. The van der Waals surface area contributed by atoms with Gasteiger partial charge in [-0.2, -0.15) is 0 Å². The Bertz CT molecular complexity index is 687. The third-order valence-electron chi connectivity index (χ3n) is 3.89. The number of hydrogen-bond acceptors (Lipinski definition) is 6. The molecule has 2 aromatic rings. The van der Waals surface area contributed by atoms with Crippen LogP contribution in [0.3, 0.4) is 0 Å². The van der Waals surface area contributed by atoms with Crippen LogP contribution >= 0.6 is 0 Å². The van der Waals surface area contributed by atoms with Crippen LogP contribution in [0, 0.1) is 5.82 Å². The van der Waals surface area contributed by atoms with Crippen molar-refractivity contribution in [1.29, 1.82) is 0 Å². The maximum atomic E-state index is 14.1. The molecule has 8 heteroatoms. The quantitative estimate of drug-likeness (QED) is 0.608. The molecule has 0 aromatic carbocycles. The first-order valence-electron chi connectivity index (χ1n) is 6.45. The Morgan fingerprint density at radius 1 is 1.57 bits per heavy atom. The van der Waals surface area contributed by atoms with Gasteiger partial charge < -0.3 is 30.4 Å². The van der Waals surface area contributed by atoms with Crippen molar-refractivity contribution >= 4 is 16.7 Å². The van der Waals surface area contributed by atoms with Crippen molar-refractivity contribution in [1.82, 2.24) is 9.55 Å². The van der Waals surface area contributed by atoms with E-state index in [-0.39, 0.29) is 16.7 Å². The normalized spacial score (nSPS) is 32.9. The molecule has 1 aliphatic heterocycles. The van der Waals surface area contributed by atoms with Crippen LogP contribution in [0.5, 0.6) is 0 Å². The van der Waals surface area contributed by atoms with E-state index in [1.54, 1.807) is 0 Å². The zero-order chi connectivity index (χ0) is 15.4. The van der Waals surface area contributed by atoms with Gasteiger partial charge in [-0.1, -0.05) is 0 Å². The molecule has 1 aliphatic rings.